The molecular weight excluding hydrogens is 330 g/mol. The summed E-state index contributed by atoms with van der Waals surface area (Å²) in [6, 6.07) is 5.82. The summed E-state index contributed by atoms with van der Waals surface area (Å²) in [6.07, 6.45) is 0. The van der Waals surface area contributed by atoms with Crippen LogP contribution in [0.15, 0.2) is 41.3 Å². The van der Waals surface area contributed by atoms with E-state index < -0.39 is 22.4 Å². The highest BCUT2D eigenvalue weighted by molar-refractivity contribution is 7.91. The standard InChI is InChI=1S/C17H23NO5S/c1-5-18(11-13(3)4)16(19)12-23-17(20)14-9-7-8-10-15(14)24(21,22)6-2/h7-10H,3,5-6,11-12H2,1-2,4H3. The van der Waals surface area contributed by atoms with Gasteiger partial charge in [-0.15, -0.1) is 0 Å². The summed E-state index contributed by atoms with van der Waals surface area (Å²) >= 11 is 0. The average molecular weight is 353 g/mol. The van der Waals surface area contributed by atoms with Crippen LogP contribution >= 0.6 is 0 Å². The van der Waals surface area contributed by atoms with Crippen molar-refractivity contribution in [3.8, 4) is 0 Å². The second kappa shape index (κ2) is 8.63. The van der Waals surface area contributed by atoms with Crippen LogP contribution in [0.4, 0.5) is 0 Å². The van der Waals surface area contributed by atoms with E-state index in [4.69, 9.17) is 4.74 Å². The SMILES string of the molecule is C=C(C)CN(CC)C(=O)COC(=O)c1ccccc1S(=O)(=O)CC. The smallest absolute Gasteiger partial charge is 0.339 e. The first-order valence-corrected chi connectivity index (χ1v) is 9.29. The molecule has 0 aliphatic rings. The van der Waals surface area contributed by atoms with E-state index in [0.29, 0.717) is 13.1 Å². The number of carbonyl (C=O) groups excluding carboxylic acids is 2. The molecule has 0 spiro atoms. The number of amides is 1. The number of carbonyl (C=O) groups is 2. The fraction of sp³-hybridized carbons (Fsp3) is 0.412. The Morgan fingerprint density at radius 3 is 2.38 bits per heavy atom. The number of likely N-dealkylation sites (N-methyl/N-ethyl adjacent to an activating group) is 1. The first-order chi connectivity index (χ1) is 11.2. The van der Waals surface area contributed by atoms with Crippen LogP contribution in [0, 0.1) is 0 Å². The van der Waals surface area contributed by atoms with Crippen LogP contribution in [0.25, 0.3) is 0 Å². The Morgan fingerprint density at radius 1 is 1.21 bits per heavy atom. The molecule has 0 aromatic heterocycles. The van der Waals surface area contributed by atoms with Crippen LogP contribution < -0.4 is 0 Å². The Balaban J connectivity index is 2.87. The molecule has 1 amide bonds. The lowest BCUT2D eigenvalue weighted by Gasteiger charge is -2.20. The number of nitrogens with zero attached hydrogens (tertiary/aromatic N) is 1. The van der Waals surface area contributed by atoms with E-state index in [-0.39, 0.29) is 22.1 Å². The molecule has 24 heavy (non-hydrogen) atoms. The summed E-state index contributed by atoms with van der Waals surface area (Å²) in [5, 5.41) is 0. The predicted molar refractivity (Wildman–Crippen MR) is 91.5 cm³/mol. The van der Waals surface area contributed by atoms with Crippen molar-refractivity contribution in [3.63, 3.8) is 0 Å². The molecule has 0 radical (unpaired) electrons. The Bertz CT molecular complexity index is 724. The fourth-order valence-corrected chi connectivity index (χ4v) is 3.14. The Hall–Kier alpha value is -2.15. The van der Waals surface area contributed by atoms with E-state index in [2.05, 4.69) is 6.58 Å². The van der Waals surface area contributed by atoms with Crippen LogP contribution in [0.2, 0.25) is 0 Å². The molecule has 1 rings (SSSR count). The number of esters is 1. The van der Waals surface area contributed by atoms with Crippen molar-refractivity contribution in [1.29, 1.82) is 0 Å². The number of hydrogen-bond acceptors (Lipinski definition) is 5. The highest BCUT2D eigenvalue weighted by Crippen LogP contribution is 2.18. The molecule has 1 aromatic rings. The molecule has 0 bridgehead atoms. The van der Waals surface area contributed by atoms with Gasteiger partial charge in [-0.3, -0.25) is 4.79 Å². The van der Waals surface area contributed by atoms with Gasteiger partial charge in [-0.2, -0.15) is 0 Å². The van der Waals surface area contributed by atoms with Crippen molar-refractivity contribution in [2.45, 2.75) is 25.7 Å². The summed E-state index contributed by atoms with van der Waals surface area (Å²) in [7, 11) is -3.56. The van der Waals surface area contributed by atoms with E-state index in [0.717, 1.165) is 5.57 Å². The number of hydrogen-bond donors (Lipinski definition) is 0. The van der Waals surface area contributed by atoms with Crippen LogP contribution in [0.1, 0.15) is 31.1 Å². The van der Waals surface area contributed by atoms with Gasteiger partial charge in [-0.25, -0.2) is 13.2 Å². The second-order valence-electron chi connectivity index (χ2n) is 5.34. The highest BCUT2D eigenvalue weighted by Gasteiger charge is 2.22. The molecule has 0 fully saturated rings. The van der Waals surface area contributed by atoms with Crippen LogP contribution in [-0.2, 0) is 19.4 Å². The molecule has 0 heterocycles. The summed E-state index contributed by atoms with van der Waals surface area (Å²) in [5.41, 5.74) is 0.756. The average Bonchev–Trinajstić information content (AvgIpc) is 2.56. The minimum absolute atomic E-state index is 0.0601. The van der Waals surface area contributed by atoms with E-state index in [1.807, 2.05) is 6.92 Å². The lowest BCUT2D eigenvalue weighted by molar-refractivity contribution is -0.133. The molecule has 6 nitrogen and oxygen atoms in total. The molecule has 0 N–H and O–H groups in total. The van der Waals surface area contributed by atoms with Gasteiger partial charge in [0.05, 0.1) is 16.2 Å². The van der Waals surface area contributed by atoms with E-state index >= 15 is 0 Å². The molecule has 0 aliphatic heterocycles. The monoisotopic (exact) mass is 353 g/mol. The van der Waals surface area contributed by atoms with Gasteiger partial charge in [-0.05, 0) is 26.0 Å². The van der Waals surface area contributed by atoms with E-state index in [1.165, 1.54) is 30.0 Å². The third-order valence-corrected chi connectivity index (χ3v) is 5.13. The quantitative estimate of drug-likeness (QED) is 0.528. The Labute approximate surface area is 143 Å². The van der Waals surface area contributed by atoms with Crippen molar-refractivity contribution in [2.24, 2.45) is 0 Å². The first kappa shape index (κ1) is 19.9. The topological polar surface area (TPSA) is 80.8 Å². The lowest BCUT2D eigenvalue weighted by Crippen LogP contribution is -2.35. The van der Waals surface area contributed by atoms with Crippen LogP contribution in [0.5, 0.6) is 0 Å². The summed E-state index contributed by atoms with van der Waals surface area (Å²) in [5.74, 6) is -1.31. The number of rotatable bonds is 8. The van der Waals surface area contributed by atoms with Crippen molar-refractivity contribution in [3.05, 3.63) is 42.0 Å². The maximum atomic E-state index is 12.2. The first-order valence-electron chi connectivity index (χ1n) is 7.64. The molecular formula is C17H23NO5S. The van der Waals surface area contributed by atoms with E-state index in [9.17, 15) is 18.0 Å². The maximum Gasteiger partial charge on any atom is 0.339 e. The van der Waals surface area contributed by atoms with Gasteiger partial charge in [0.15, 0.2) is 16.4 Å². The Kier molecular flexibility index (Phi) is 7.16. The largest absolute Gasteiger partial charge is 0.452 e. The minimum atomic E-state index is -3.56. The third-order valence-electron chi connectivity index (χ3n) is 3.34. The van der Waals surface area contributed by atoms with Gasteiger partial charge >= 0.3 is 5.97 Å². The van der Waals surface area contributed by atoms with Crippen molar-refractivity contribution >= 4 is 21.7 Å². The van der Waals surface area contributed by atoms with Gasteiger partial charge in [0, 0.05) is 13.1 Å². The van der Waals surface area contributed by atoms with Crippen LogP contribution in [-0.4, -0.2) is 50.6 Å². The summed E-state index contributed by atoms with van der Waals surface area (Å²) in [4.78, 5) is 25.7. The molecule has 1 aromatic carbocycles. The summed E-state index contributed by atoms with van der Waals surface area (Å²) in [6.45, 7) is 9.26. The number of sulfone groups is 1. The highest BCUT2D eigenvalue weighted by atomic mass is 32.2. The second-order valence-corrected chi connectivity index (χ2v) is 7.59. The molecule has 0 atom stereocenters. The minimum Gasteiger partial charge on any atom is -0.452 e. The van der Waals surface area contributed by atoms with Gasteiger partial charge in [0.2, 0.25) is 0 Å². The third kappa shape index (κ3) is 5.19. The van der Waals surface area contributed by atoms with Gasteiger partial charge < -0.3 is 9.64 Å². The number of benzene rings is 1. The molecule has 0 aliphatic carbocycles. The van der Waals surface area contributed by atoms with Crippen LogP contribution in [0.3, 0.4) is 0 Å². The molecule has 0 saturated heterocycles. The zero-order chi connectivity index (χ0) is 18.3. The van der Waals surface area contributed by atoms with Gasteiger partial charge in [0.25, 0.3) is 5.91 Å². The van der Waals surface area contributed by atoms with Crippen molar-refractivity contribution in [1.82, 2.24) is 4.90 Å². The van der Waals surface area contributed by atoms with Gasteiger partial charge in [-0.1, -0.05) is 31.2 Å². The van der Waals surface area contributed by atoms with Gasteiger partial charge in [0.1, 0.15) is 0 Å². The van der Waals surface area contributed by atoms with Crippen molar-refractivity contribution in [2.75, 3.05) is 25.4 Å². The van der Waals surface area contributed by atoms with E-state index in [1.54, 1.807) is 13.0 Å². The fourth-order valence-electron chi connectivity index (χ4n) is 2.06. The normalized spacial score (nSPS) is 11.0. The van der Waals surface area contributed by atoms with Crippen molar-refractivity contribution < 1.29 is 22.7 Å². The Morgan fingerprint density at radius 2 is 1.83 bits per heavy atom. The summed E-state index contributed by atoms with van der Waals surface area (Å²) < 4.78 is 29.1. The number of ether oxygens (including phenoxy) is 1. The molecule has 132 valence electrons. The molecule has 0 unspecified atom stereocenters. The zero-order valence-corrected chi connectivity index (χ0v) is 15.1. The predicted octanol–water partition coefficient (Wildman–Crippen LogP) is 2.06. The maximum absolute atomic E-state index is 12.2. The molecule has 0 saturated carbocycles. The zero-order valence-electron chi connectivity index (χ0n) is 14.2. The lowest BCUT2D eigenvalue weighted by atomic mass is 10.2. The molecule has 7 heteroatoms.